The zero-order valence-electron chi connectivity index (χ0n) is 14.5. The summed E-state index contributed by atoms with van der Waals surface area (Å²) >= 11 is 6.35. The summed E-state index contributed by atoms with van der Waals surface area (Å²) in [7, 11) is 0. The van der Waals surface area contributed by atoms with E-state index in [1.165, 1.54) is 0 Å². The molecule has 0 aromatic carbocycles. The number of hydrogen-bond acceptors (Lipinski definition) is 5. The third-order valence-corrected chi connectivity index (χ3v) is 5.06. The molecule has 0 saturated heterocycles. The zero-order chi connectivity index (χ0) is 17.9. The molecule has 3 aromatic rings. The average Bonchev–Trinajstić information content (AvgIpc) is 3.05. The van der Waals surface area contributed by atoms with Gasteiger partial charge in [-0.05, 0) is 50.8 Å². The highest BCUT2D eigenvalue weighted by atomic mass is 35.5. The Kier molecular flexibility index (Phi) is 4.84. The first-order valence-corrected chi connectivity index (χ1v) is 9.20. The predicted octanol–water partition coefficient (Wildman–Crippen LogP) is 4.12. The molecule has 0 spiro atoms. The third kappa shape index (κ3) is 3.42. The van der Waals surface area contributed by atoms with Crippen LogP contribution in [0.5, 0.6) is 5.88 Å². The van der Waals surface area contributed by atoms with Gasteiger partial charge in [-0.1, -0.05) is 17.7 Å². The van der Waals surface area contributed by atoms with Crippen LogP contribution in [0.4, 0.5) is 0 Å². The van der Waals surface area contributed by atoms with Crippen LogP contribution in [0, 0.1) is 6.92 Å². The van der Waals surface area contributed by atoms with Gasteiger partial charge in [0.2, 0.25) is 5.88 Å². The van der Waals surface area contributed by atoms with E-state index in [4.69, 9.17) is 16.3 Å². The van der Waals surface area contributed by atoms with Gasteiger partial charge in [-0.25, -0.2) is 9.97 Å². The van der Waals surface area contributed by atoms with Gasteiger partial charge in [-0.3, -0.25) is 4.57 Å². The SMILES string of the molecule is Cc1nnc([C@H]2CC[C@H](Oc3ccccn3)CC2)n1-c1ncccc1Cl. The van der Waals surface area contributed by atoms with Crippen molar-refractivity contribution >= 4 is 11.6 Å². The van der Waals surface area contributed by atoms with Gasteiger partial charge >= 0.3 is 0 Å². The Bertz CT molecular complexity index is 875. The topological polar surface area (TPSA) is 65.7 Å². The summed E-state index contributed by atoms with van der Waals surface area (Å²) in [5.41, 5.74) is 0. The van der Waals surface area contributed by atoms with Crippen molar-refractivity contribution in [2.24, 2.45) is 0 Å². The summed E-state index contributed by atoms with van der Waals surface area (Å²) < 4.78 is 7.97. The molecule has 0 N–H and O–H groups in total. The van der Waals surface area contributed by atoms with Crippen LogP contribution < -0.4 is 4.74 Å². The van der Waals surface area contributed by atoms with E-state index in [-0.39, 0.29) is 6.10 Å². The second-order valence-corrected chi connectivity index (χ2v) is 6.92. The molecular weight excluding hydrogens is 350 g/mol. The largest absolute Gasteiger partial charge is 0.474 e. The summed E-state index contributed by atoms with van der Waals surface area (Å²) in [6, 6.07) is 9.39. The Labute approximate surface area is 157 Å². The Morgan fingerprint density at radius 3 is 2.54 bits per heavy atom. The summed E-state index contributed by atoms with van der Waals surface area (Å²) in [4.78, 5) is 8.67. The van der Waals surface area contributed by atoms with Gasteiger partial charge in [-0.2, -0.15) is 0 Å². The molecule has 0 atom stereocenters. The number of rotatable bonds is 4. The van der Waals surface area contributed by atoms with Crippen LogP contribution in [0.3, 0.4) is 0 Å². The molecule has 0 amide bonds. The number of pyridine rings is 2. The molecule has 6 nitrogen and oxygen atoms in total. The monoisotopic (exact) mass is 369 g/mol. The minimum absolute atomic E-state index is 0.192. The van der Waals surface area contributed by atoms with E-state index in [1.54, 1.807) is 12.4 Å². The molecule has 0 radical (unpaired) electrons. The maximum atomic E-state index is 6.35. The second kappa shape index (κ2) is 7.41. The number of ether oxygens (including phenoxy) is 1. The summed E-state index contributed by atoms with van der Waals surface area (Å²) in [5, 5.41) is 9.30. The van der Waals surface area contributed by atoms with Crippen LogP contribution in [-0.2, 0) is 0 Å². The lowest BCUT2D eigenvalue weighted by atomic mass is 9.86. The van der Waals surface area contributed by atoms with Crippen LogP contribution in [0.25, 0.3) is 5.82 Å². The van der Waals surface area contributed by atoms with Crippen molar-refractivity contribution < 1.29 is 4.74 Å². The molecule has 26 heavy (non-hydrogen) atoms. The quantitative estimate of drug-likeness (QED) is 0.692. The molecule has 134 valence electrons. The fraction of sp³-hybridized carbons (Fsp3) is 0.368. The summed E-state index contributed by atoms with van der Waals surface area (Å²) in [5.74, 6) is 3.43. The highest BCUT2D eigenvalue weighted by Crippen LogP contribution is 2.35. The zero-order valence-corrected chi connectivity index (χ0v) is 15.3. The number of nitrogens with zero attached hydrogens (tertiary/aromatic N) is 5. The van der Waals surface area contributed by atoms with Crippen molar-refractivity contribution in [3.05, 3.63) is 59.4 Å². The van der Waals surface area contributed by atoms with Crippen molar-refractivity contribution in [2.75, 3.05) is 0 Å². The van der Waals surface area contributed by atoms with E-state index in [0.29, 0.717) is 22.6 Å². The molecule has 3 aromatic heterocycles. The Hall–Kier alpha value is -2.47. The molecule has 3 heterocycles. The maximum Gasteiger partial charge on any atom is 0.213 e. The van der Waals surface area contributed by atoms with Crippen molar-refractivity contribution in [1.29, 1.82) is 0 Å². The van der Waals surface area contributed by atoms with Gasteiger partial charge < -0.3 is 4.74 Å². The van der Waals surface area contributed by atoms with E-state index in [2.05, 4.69) is 20.2 Å². The molecule has 0 unspecified atom stereocenters. The van der Waals surface area contributed by atoms with E-state index in [9.17, 15) is 0 Å². The molecule has 4 rings (SSSR count). The fourth-order valence-corrected chi connectivity index (χ4v) is 3.68. The molecule has 1 fully saturated rings. The van der Waals surface area contributed by atoms with Gasteiger partial charge in [0, 0.05) is 24.4 Å². The number of halogens is 1. The first-order valence-electron chi connectivity index (χ1n) is 8.83. The molecule has 0 bridgehead atoms. The smallest absolute Gasteiger partial charge is 0.213 e. The molecule has 1 saturated carbocycles. The lowest BCUT2D eigenvalue weighted by Crippen LogP contribution is -2.25. The Morgan fingerprint density at radius 1 is 1.00 bits per heavy atom. The Balaban J connectivity index is 1.50. The standard InChI is InChI=1S/C19H20ClN5O/c1-13-23-24-18(25(13)19-16(20)5-4-12-22-19)14-7-9-15(10-8-14)26-17-6-2-3-11-21-17/h2-6,11-12,14-15H,7-10H2,1H3/t14-,15-. The number of aryl methyl sites for hydroxylation is 1. The van der Waals surface area contributed by atoms with Gasteiger partial charge in [0.15, 0.2) is 5.82 Å². The molecule has 1 aliphatic carbocycles. The van der Waals surface area contributed by atoms with Crippen molar-refractivity contribution in [3.8, 4) is 11.7 Å². The van der Waals surface area contributed by atoms with Gasteiger partial charge in [0.1, 0.15) is 17.8 Å². The van der Waals surface area contributed by atoms with Crippen molar-refractivity contribution in [1.82, 2.24) is 24.7 Å². The minimum Gasteiger partial charge on any atom is -0.474 e. The third-order valence-electron chi connectivity index (χ3n) is 4.77. The summed E-state index contributed by atoms with van der Waals surface area (Å²) in [6.45, 7) is 1.93. The molecular formula is C19H20ClN5O. The van der Waals surface area contributed by atoms with Gasteiger partial charge in [0.25, 0.3) is 0 Å². The van der Waals surface area contributed by atoms with Crippen molar-refractivity contribution in [2.45, 2.75) is 44.6 Å². The van der Waals surface area contributed by atoms with E-state index >= 15 is 0 Å². The van der Waals surface area contributed by atoms with Crippen LogP contribution in [-0.4, -0.2) is 30.8 Å². The normalized spacial score (nSPS) is 20.1. The van der Waals surface area contributed by atoms with E-state index in [0.717, 1.165) is 37.3 Å². The number of hydrogen-bond donors (Lipinski definition) is 0. The van der Waals surface area contributed by atoms with Crippen LogP contribution in [0.2, 0.25) is 5.02 Å². The first kappa shape index (κ1) is 17.0. The average molecular weight is 370 g/mol. The van der Waals surface area contributed by atoms with Gasteiger partial charge in [0.05, 0.1) is 5.02 Å². The van der Waals surface area contributed by atoms with Crippen LogP contribution >= 0.6 is 11.6 Å². The lowest BCUT2D eigenvalue weighted by molar-refractivity contribution is 0.139. The fourth-order valence-electron chi connectivity index (χ4n) is 3.47. The van der Waals surface area contributed by atoms with E-state index in [1.807, 2.05) is 41.8 Å². The van der Waals surface area contributed by atoms with Crippen LogP contribution in [0.15, 0.2) is 42.7 Å². The highest BCUT2D eigenvalue weighted by Gasteiger charge is 2.29. The molecule has 7 heteroatoms. The van der Waals surface area contributed by atoms with Gasteiger partial charge in [-0.15, -0.1) is 10.2 Å². The van der Waals surface area contributed by atoms with Crippen LogP contribution in [0.1, 0.15) is 43.3 Å². The molecule has 0 aliphatic heterocycles. The Morgan fingerprint density at radius 2 is 1.81 bits per heavy atom. The van der Waals surface area contributed by atoms with Crippen molar-refractivity contribution in [3.63, 3.8) is 0 Å². The number of aromatic nitrogens is 5. The predicted molar refractivity (Wildman–Crippen MR) is 98.8 cm³/mol. The first-order chi connectivity index (χ1) is 12.7. The maximum absolute atomic E-state index is 6.35. The summed E-state index contributed by atoms with van der Waals surface area (Å²) in [6.07, 6.45) is 7.58. The minimum atomic E-state index is 0.192. The lowest BCUT2D eigenvalue weighted by Gasteiger charge is -2.28. The second-order valence-electron chi connectivity index (χ2n) is 6.51. The highest BCUT2D eigenvalue weighted by molar-refractivity contribution is 6.32. The molecule has 1 aliphatic rings. The van der Waals surface area contributed by atoms with E-state index < -0.39 is 0 Å².